The van der Waals surface area contributed by atoms with Crippen molar-refractivity contribution in [1.29, 1.82) is 0 Å². The summed E-state index contributed by atoms with van der Waals surface area (Å²) in [6, 6.07) is 3.36. The molecule has 0 radical (unpaired) electrons. The van der Waals surface area contributed by atoms with E-state index >= 15 is 0 Å². The first kappa shape index (κ1) is 9.82. The van der Waals surface area contributed by atoms with E-state index in [1.54, 1.807) is 6.07 Å². The van der Waals surface area contributed by atoms with Gasteiger partial charge in [0.25, 0.3) is 0 Å². The fourth-order valence-electron chi connectivity index (χ4n) is 2.66. The van der Waals surface area contributed by atoms with Crippen LogP contribution >= 0.6 is 0 Å². The van der Waals surface area contributed by atoms with Crippen molar-refractivity contribution in [1.82, 2.24) is 4.57 Å². The lowest BCUT2D eigenvalue weighted by atomic mass is 9.90. The van der Waals surface area contributed by atoms with Gasteiger partial charge in [-0.05, 0) is 37.0 Å². The molecule has 16 heavy (non-hydrogen) atoms. The number of hydrogen-bond acceptors (Lipinski definition) is 0. The fraction of sp³-hybridized carbons (Fsp3) is 0.385. The molecule has 0 fully saturated rings. The van der Waals surface area contributed by atoms with E-state index in [9.17, 15) is 8.78 Å². The fourth-order valence-corrected chi connectivity index (χ4v) is 2.66. The number of halogens is 2. The quantitative estimate of drug-likeness (QED) is 0.639. The highest BCUT2D eigenvalue weighted by atomic mass is 19.2. The summed E-state index contributed by atoms with van der Waals surface area (Å²) in [7, 11) is 0. The number of benzene rings is 1. The molecule has 0 saturated carbocycles. The lowest BCUT2D eigenvalue weighted by Crippen LogP contribution is -2.21. The van der Waals surface area contributed by atoms with Gasteiger partial charge >= 0.3 is 0 Å². The largest absolute Gasteiger partial charge is 0.344 e. The third-order valence-corrected chi connectivity index (χ3v) is 3.77. The standard InChI is InChI=1S/C13H13F2N/c1-7-5-9-6-11(14)12(15)10-3-4-16(8(7)2)13(9)10/h3-4,6-8H,5H2,1-2H3/t7-,8+/m1/s1. The van der Waals surface area contributed by atoms with Gasteiger partial charge in [-0.15, -0.1) is 0 Å². The van der Waals surface area contributed by atoms with Crippen LogP contribution in [0.25, 0.3) is 10.9 Å². The molecule has 0 aliphatic carbocycles. The topological polar surface area (TPSA) is 4.93 Å². The van der Waals surface area contributed by atoms with Gasteiger partial charge in [0.1, 0.15) is 0 Å². The molecule has 0 unspecified atom stereocenters. The second-order valence-electron chi connectivity index (χ2n) is 4.74. The molecule has 2 heterocycles. The van der Waals surface area contributed by atoms with Gasteiger partial charge in [0.15, 0.2) is 11.6 Å². The summed E-state index contributed by atoms with van der Waals surface area (Å²) in [6.45, 7) is 4.26. The maximum Gasteiger partial charge on any atom is 0.168 e. The summed E-state index contributed by atoms with van der Waals surface area (Å²) in [5.74, 6) is -1.01. The smallest absolute Gasteiger partial charge is 0.168 e. The van der Waals surface area contributed by atoms with Crippen molar-refractivity contribution < 1.29 is 8.78 Å². The molecule has 0 N–H and O–H groups in total. The van der Waals surface area contributed by atoms with E-state index in [4.69, 9.17) is 0 Å². The Morgan fingerprint density at radius 3 is 2.81 bits per heavy atom. The average molecular weight is 221 g/mol. The average Bonchev–Trinajstić information content (AvgIpc) is 2.68. The molecule has 84 valence electrons. The number of nitrogens with zero attached hydrogens (tertiary/aromatic N) is 1. The van der Waals surface area contributed by atoms with Crippen LogP contribution in [0.3, 0.4) is 0 Å². The predicted octanol–water partition coefficient (Wildman–Crippen LogP) is 3.67. The second kappa shape index (κ2) is 3.06. The Hall–Kier alpha value is -1.38. The molecule has 1 aliphatic rings. The monoisotopic (exact) mass is 221 g/mol. The first-order valence-corrected chi connectivity index (χ1v) is 5.57. The maximum atomic E-state index is 13.6. The summed E-state index contributed by atoms with van der Waals surface area (Å²) >= 11 is 0. The molecule has 3 heteroatoms. The van der Waals surface area contributed by atoms with Crippen LogP contribution in [-0.4, -0.2) is 4.57 Å². The first-order chi connectivity index (χ1) is 7.59. The van der Waals surface area contributed by atoms with Gasteiger partial charge in [-0.1, -0.05) is 6.92 Å². The minimum atomic E-state index is -0.734. The third-order valence-electron chi connectivity index (χ3n) is 3.77. The Morgan fingerprint density at radius 1 is 1.31 bits per heavy atom. The van der Waals surface area contributed by atoms with Crippen molar-refractivity contribution in [3.05, 3.63) is 35.5 Å². The molecule has 1 nitrogen and oxygen atoms in total. The van der Waals surface area contributed by atoms with Crippen LogP contribution in [0.4, 0.5) is 8.78 Å². The van der Waals surface area contributed by atoms with Crippen LogP contribution in [0, 0.1) is 17.6 Å². The molecule has 1 aromatic heterocycles. The van der Waals surface area contributed by atoms with Crippen molar-refractivity contribution in [2.24, 2.45) is 5.92 Å². The summed E-state index contributed by atoms with van der Waals surface area (Å²) in [5.41, 5.74) is 1.79. The third kappa shape index (κ3) is 1.09. The molecule has 0 amide bonds. The molecule has 0 bridgehead atoms. The molecule has 1 aromatic carbocycles. The zero-order valence-electron chi connectivity index (χ0n) is 9.30. The molecule has 2 aromatic rings. The highest BCUT2D eigenvalue weighted by Crippen LogP contribution is 2.36. The van der Waals surface area contributed by atoms with Gasteiger partial charge in [0.05, 0.1) is 5.52 Å². The number of hydrogen-bond donors (Lipinski definition) is 0. The zero-order valence-corrected chi connectivity index (χ0v) is 9.30. The van der Waals surface area contributed by atoms with Gasteiger partial charge in [-0.2, -0.15) is 0 Å². The van der Waals surface area contributed by atoms with Gasteiger partial charge in [-0.3, -0.25) is 0 Å². The van der Waals surface area contributed by atoms with E-state index in [0.717, 1.165) is 17.5 Å². The predicted molar refractivity (Wildman–Crippen MR) is 59.4 cm³/mol. The Labute approximate surface area is 92.7 Å². The van der Waals surface area contributed by atoms with Crippen LogP contribution in [0.2, 0.25) is 0 Å². The summed E-state index contributed by atoms with van der Waals surface area (Å²) in [4.78, 5) is 0. The van der Waals surface area contributed by atoms with Crippen molar-refractivity contribution in [2.45, 2.75) is 26.3 Å². The Kier molecular flexibility index (Phi) is 1.88. The van der Waals surface area contributed by atoms with Gasteiger partial charge in [0.2, 0.25) is 0 Å². The van der Waals surface area contributed by atoms with Crippen LogP contribution in [0.1, 0.15) is 25.5 Å². The summed E-state index contributed by atoms with van der Waals surface area (Å²) in [5, 5.41) is 0.411. The maximum absolute atomic E-state index is 13.6. The van der Waals surface area contributed by atoms with E-state index in [2.05, 4.69) is 18.4 Å². The molecule has 2 atom stereocenters. The molecule has 0 saturated heterocycles. The number of aromatic nitrogens is 1. The number of rotatable bonds is 0. The highest BCUT2D eigenvalue weighted by molar-refractivity contribution is 5.85. The minimum Gasteiger partial charge on any atom is -0.344 e. The summed E-state index contributed by atoms with van der Waals surface area (Å²) < 4.78 is 29.0. The van der Waals surface area contributed by atoms with E-state index in [0.29, 0.717) is 17.3 Å². The zero-order chi connectivity index (χ0) is 11.4. The van der Waals surface area contributed by atoms with Crippen molar-refractivity contribution in [3.63, 3.8) is 0 Å². The van der Waals surface area contributed by atoms with E-state index in [1.165, 1.54) is 6.07 Å². The SMILES string of the molecule is C[C@@H]1Cc2cc(F)c(F)c3ccn(c23)[C@H]1C. The molecule has 1 aliphatic heterocycles. The van der Waals surface area contributed by atoms with Crippen LogP contribution in [0.5, 0.6) is 0 Å². The van der Waals surface area contributed by atoms with Crippen LogP contribution in [0.15, 0.2) is 18.3 Å². The minimum absolute atomic E-state index is 0.342. The van der Waals surface area contributed by atoms with Crippen LogP contribution in [-0.2, 0) is 6.42 Å². The van der Waals surface area contributed by atoms with E-state index in [1.807, 2.05) is 6.20 Å². The lowest BCUT2D eigenvalue weighted by Gasteiger charge is -2.29. The van der Waals surface area contributed by atoms with E-state index < -0.39 is 11.6 Å². The second-order valence-corrected chi connectivity index (χ2v) is 4.74. The lowest BCUT2D eigenvalue weighted by molar-refractivity contribution is 0.370. The highest BCUT2D eigenvalue weighted by Gasteiger charge is 2.26. The Bertz CT molecular complexity index is 571. The van der Waals surface area contributed by atoms with Crippen molar-refractivity contribution in [2.75, 3.05) is 0 Å². The van der Waals surface area contributed by atoms with Gasteiger partial charge in [-0.25, -0.2) is 8.78 Å². The Balaban J connectivity index is 2.42. The molecular formula is C13H13F2N. The van der Waals surface area contributed by atoms with Crippen molar-refractivity contribution >= 4 is 10.9 Å². The molecular weight excluding hydrogens is 208 g/mol. The van der Waals surface area contributed by atoms with Crippen molar-refractivity contribution in [3.8, 4) is 0 Å². The summed E-state index contributed by atoms with van der Waals surface area (Å²) in [6.07, 6.45) is 2.68. The molecule has 3 rings (SSSR count). The molecule has 0 spiro atoms. The van der Waals surface area contributed by atoms with E-state index in [-0.39, 0.29) is 0 Å². The Morgan fingerprint density at radius 2 is 2.06 bits per heavy atom. The normalized spacial score (nSPS) is 24.0. The van der Waals surface area contributed by atoms with Gasteiger partial charge < -0.3 is 4.57 Å². The van der Waals surface area contributed by atoms with Crippen LogP contribution < -0.4 is 0 Å². The van der Waals surface area contributed by atoms with Gasteiger partial charge in [0, 0.05) is 17.6 Å². The first-order valence-electron chi connectivity index (χ1n) is 5.57.